The van der Waals surface area contributed by atoms with Gasteiger partial charge in [-0.1, -0.05) is 107 Å². The molecule has 0 saturated carbocycles. The average Bonchev–Trinajstić information content (AvgIpc) is 2.93. The van der Waals surface area contributed by atoms with Gasteiger partial charge in [0, 0.05) is 12.7 Å². The molecular formula is C35H46N2O3Si. The third-order valence-corrected chi connectivity index (χ3v) is 13.1. The molecule has 218 valence electrons. The van der Waals surface area contributed by atoms with E-state index >= 15 is 0 Å². The molecule has 1 aliphatic rings. The zero-order valence-electron chi connectivity index (χ0n) is 25.7. The smallest absolute Gasteiger partial charge is 0.261 e. The van der Waals surface area contributed by atoms with E-state index in [2.05, 4.69) is 124 Å². The molecule has 0 fully saturated rings. The summed E-state index contributed by atoms with van der Waals surface area (Å²) in [6.45, 7) is 14.1. The molecule has 1 aliphatic heterocycles. The van der Waals surface area contributed by atoms with Gasteiger partial charge in [0.05, 0.1) is 25.5 Å². The van der Waals surface area contributed by atoms with Crippen molar-refractivity contribution in [2.24, 2.45) is 5.92 Å². The van der Waals surface area contributed by atoms with Crippen LogP contribution in [0.5, 0.6) is 0 Å². The van der Waals surface area contributed by atoms with Crippen molar-refractivity contribution >= 4 is 36.4 Å². The maximum atomic E-state index is 13.8. The normalized spacial score (nSPS) is 18.1. The summed E-state index contributed by atoms with van der Waals surface area (Å²) in [6, 6.07) is 27.4. The van der Waals surface area contributed by atoms with E-state index in [4.69, 9.17) is 9.16 Å². The molecule has 0 unspecified atom stereocenters. The largest absolute Gasteiger partial charge is 0.501 e. The fraction of sp³-hybridized carbons (Fsp3) is 0.400. The monoisotopic (exact) mass is 570 g/mol. The summed E-state index contributed by atoms with van der Waals surface area (Å²) < 4.78 is 12.7. The Morgan fingerprint density at radius 1 is 1.00 bits per heavy atom. The van der Waals surface area contributed by atoms with Gasteiger partial charge in [-0.15, -0.1) is 0 Å². The van der Waals surface area contributed by atoms with Gasteiger partial charge in [-0.25, -0.2) is 0 Å². The number of carbonyl (C=O) groups excluding carboxylic acids is 1. The molecule has 0 spiro atoms. The molecule has 3 aromatic rings. The van der Waals surface area contributed by atoms with Gasteiger partial charge in [-0.3, -0.25) is 4.79 Å². The van der Waals surface area contributed by atoms with Crippen LogP contribution in [0.1, 0.15) is 52.7 Å². The standard InChI is InChI=1S/C35H46N2O3Si/c1-8-39-22-21-27-19-20-28-24-29(36-34(38)33(26(2)3)37(7)32(28)23-27)25-40-41(35(4,5)6,30-15-11-9-12-16-30)31-17-13-10-14-18-31/h9-23,26,29,33H,8,24-25H2,1-7H3,(H,36,38)/b22-21+/t29-,33-/m0/s1. The number of carbonyl (C=O) groups is 1. The number of fused-ring (bicyclic) bond motifs is 1. The number of rotatable bonds is 9. The maximum absolute atomic E-state index is 13.8. The SMILES string of the molecule is CCO/C=C/c1ccc2c(c1)N(C)[C@@H](C(C)C)C(=O)N[C@H](CO[Si](c1ccccc1)(c1ccccc1)C(C)(C)C)C2. The first-order valence-corrected chi connectivity index (χ1v) is 16.7. The molecule has 0 saturated heterocycles. The molecule has 1 heterocycles. The topological polar surface area (TPSA) is 50.8 Å². The van der Waals surface area contributed by atoms with E-state index in [0.717, 1.165) is 11.3 Å². The lowest BCUT2D eigenvalue weighted by atomic mass is 9.94. The second-order valence-electron chi connectivity index (χ2n) is 12.3. The van der Waals surface area contributed by atoms with Crippen molar-refractivity contribution in [1.29, 1.82) is 0 Å². The number of nitrogens with one attached hydrogen (secondary N) is 1. The molecule has 5 nitrogen and oxygen atoms in total. The first kappa shape index (κ1) is 30.6. The maximum Gasteiger partial charge on any atom is 0.261 e. The number of anilines is 1. The zero-order chi connectivity index (χ0) is 29.6. The molecule has 2 atom stereocenters. The van der Waals surface area contributed by atoms with E-state index in [1.54, 1.807) is 6.26 Å². The van der Waals surface area contributed by atoms with Crippen LogP contribution in [-0.2, 0) is 20.4 Å². The highest BCUT2D eigenvalue weighted by Crippen LogP contribution is 2.37. The van der Waals surface area contributed by atoms with Crippen molar-refractivity contribution in [3.63, 3.8) is 0 Å². The Hall–Kier alpha value is -3.35. The molecule has 0 aromatic heterocycles. The number of hydrogen-bond acceptors (Lipinski definition) is 4. The van der Waals surface area contributed by atoms with Crippen LogP contribution in [0.4, 0.5) is 5.69 Å². The van der Waals surface area contributed by atoms with Gasteiger partial charge in [0.25, 0.3) is 8.32 Å². The van der Waals surface area contributed by atoms with Crippen molar-refractivity contribution in [1.82, 2.24) is 5.32 Å². The minimum absolute atomic E-state index is 0.0412. The molecule has 0 aliphatic carbocycles. The molecule has 0 bridgehead atoms. The summed E-state index contributed by atoms with van der Waals surface area (Å²) >= 11 is 0. The lowest BCUT2D eigenvalue weighted by Crippen LogP contribution is -2.67. The molecule has 3 aromatic carbocycles. The van der Waals surface area contributed by atoms with Gasteiger partial charge in [0.1, 0.15) is 6.04 Å². The summed E-state index contributed by atoms with van der Waals surface area (Å²) in [4.78, 5) is 15.9. The van der Waals surface area contributed by atoms with E-state index in [1.165, 1.54) is 15.9 Å². The molecule has 4 rings (SSSR count). The Labute approximate surface area is 247 Å². The number of hydrogen-bond donors (Lipinski definition) is 1. The van der Waals surface area contributed by atoms with E-state index in [0.29, 0.717) is 19.6 Å². The van der Waals surface area contributed by atoms with Crippen molar-refractivity contribution in [3.05, 3.63) is 96.3 Å². The Morgan fingerprint density at radius 2 is 1.61 bits per heavy atom. The first-order valence-electron chi connectivity index (χ1n) is 14.8. The van der Waals surface area contributed by atoms with Gasteiger partial charge >= 0.3 is 0 Å². The van der Waals surface area contributed by atoms with Gasteiger partial charge in [0.2, 0.25) is 5.91 Å². The summed E-state index contributed by atoms with van der Waals surface area (Å²) in [6.07, 6.45) is 4.39. The van der Waals surface area contributed by atoms with Gasteiger partial charge in [0.15, 0.2) is 0 Å². The predicted octanol–water partition coefficient (Wildman–Crippen LogP) is 5.77. The van der Waals surface area contributed by atoms with Crippen LogP contribution < -0.4 is 20.6 Å². The van der Waals surface area contributed by atoms with E-state index in [9.17, 15) is 4.79 Å². The van der Waals surface area contributed by atoms with Crippen LogP contribution in [0, 0.1) is 5.92 Å². The Kier molecular flexibility index (Phi) is 9.77. The van der Waals surface area contributed by atoms with Crippen molar-refractivity contribution in [2.75, 3.05) is 25.2 Å². The highest BCUT2D eigenvalue weighted by atomic mass is 28.4. The van der Waals surface area contributed by atoms with Crippen LogP contribution in [0.2, 0.25) is 5.04 Å². The third-order valence-electron chi connectivity index (χ3n) is 8.06. The first-order chi connectivity index (χ1) is 19.6. The van der Waals surface area contributed by atoms with Crippen LogP contribution >= 0.6 is 0 Å². The number of likely N-dealkylation sites (N-methyl/N-ethyl adjacent to an activating group) is 1. The number of ether oxygens (including phenoxy) is 1. The Bertz CT molecular complexity index is 1280. The summed E-state index contributed by atoms with van der Waals surface area (Å²) in [5.74, 6) is 0.172. The average molecular weight is 571 g/mol. The number of amides is 1. The highest BCUT2D eigenvalue weighted by molar-refractivity contribution is 6.99. The second kappa shape index (κ2) is 13.1. The Morgan fingerprint density at radius 3 is 2.15 bits per heavy atom. The van der Waals surface area contributed by atoms with Crippen molar-refractivity contribution < 1.29 is 14.0 Å². The molecule has 1 N–H and O–H groups in total. The molecule has 41 heavy (non-hydrogen) atoms. The third kappa shape index (κ3) is 6.60. The molecule has 1 amide bonds. The highest BCUT2D eigenvalue weighted by Gasteiger charge is 2.50. The Balaban J connectivity index is 1.74. The quantitative estimate of drug-likeness (QED) is 0.262. The zero-order valence-corrected chi connectivity index (χ0v) is 26.7. The second-order valence-corrected chi connectivity index (χ2v) is 16.6. The lowest BCUT2D eigenvalue weighted by Gasteiger charge is -2.44. The number of nitrogens with zero attached hydrogens (tertiary/aromatic N) is 1. The van der Waals surface area contributed by atoms with E-state index in [1.807, 2.05) is 20.0 Å². The number of benzene rings is 3. The van der Waals surface area contributed by atoms with Crippen LogP contribution in [0.15, 0.2) is 85.1 Å². The summed E-state index contributed by atoms with van der Waals surface area (Å²) in [5.41, 5.74) is 3.32. The van der Waals surface area contributed by atoms with Crippen LogP contribution in [0.3, 0.4) is 0 Å². The fourth-order valence-electron chi connectivity index (χ4n) is 6.17. The summed E-state index contributed by atoms with van der Waals surface area (Å²) in [7, 11) is -0.715. The van der Waals surface area contributed by atoms with Gasteiger partial charge in [-0.05, 0) is 57.9 Å². The van der Waals surface area contributed by atoms with Gasteiger partial charge < -0.3 is 19.4 Å². The minimum Gasteiger partial charge on any atom is -0.501 e. The molecule has 6 heteroatoms. The van der Waals surface area contributed by atoms with E-state index < -0.39 is 8.32 Å². The summed E-state index contributed by atoms with van der Waals surface area (Å²) in [5, 5.41) is 5.73. The molecule has 0 radical (unpaired) electrons. The van der Waals surface area contributed by atoms with Crippen LogP contribution in [-0.4, -0.2) is 46.6 Å². The van der Waals surface area contributed by atoms with Gasteiger partial charge in [-0.2, -0.15) is 0 Å². The van der Waals surface area contributed by atoms with Crippen molar-refractivity contribution in [2.45, 2.75) is 65.1 Å². The van der Waals surface area contributed by atoms with Crippen molar-refractivity contribution in [3.8, 4) is 0 Å². The van der Waals surface area contributed by atoms with E-state index in [-0.39, 0.29) is 28.9 Å². The fourth-order valence-corrected chi connectivity index (χ4v) is 10.8. The lowest BCUT2D eigenvalue weighted by molar-refractivity contribution is -0.124. The molecular weight excluding hydrogens is 524 g/mol. The minimum atomic E-state index is -2.74. The van der Waals surface area contributed by atoms with Crippen LogP contribution in [0.25, 0.3) is 6.08 Å². The predicted molar refractivity (Wildman–Crippen MR) is 173 cm³/mol.